The molecule has 0 saturated carbocycles. The molecule has 3 aromatic rings. The monoisotopic (exact) mass is 434 g/mol. The Hall–Kier alpha value is -2.98. The second-order valence-corrected chi connectivity index (χ2v) is 8.35. The molecule has 4 rings (SSSR count). The SMILES string of the molecule is Cc1cccc(N2CCN(C(=O)c3ccccc3OCc3ccc(Cl)cc3)CC2)c1C. The van der Waals surface area contributed by atoms with Crippen molar-refractivity contribution in [3.63, 3.8) is 0 Å². The summed E-state index contributed by atoms with van der Waals surface area (Å²) in [7, 11) is 0. The summed E-state index contributed by atoms with van der Waals surface area (Å²) in [4.78, 5) is 17.5. The molecule has 160 valence electrons. The number of benzene rings is 3. The van der Waals surface area contributed by atoms with Gasteiger partial charge in [-0.2, -0.15) is 0 Å². The van der Waals surface area contributed by atoms with Crippen molar-refractivity contribution in [1.82, 2.24) is 4.90 Å². The highest BCUT2D eigenvalue weighted by molar-refractivity contribution is 6.30. The van der Waals surface area contributed by atoms with E-state index in [1.807, 2.05) is 53.4 Å². The van der Waals surface area contributed by atoms with Crippen LogP contribution in [0.25, 0.3) is 0 Å². The predicted octanol–water partition coefficient (Wildman–Crippen LogP) is 5.50. The number of aryl methyl sites for hydroxylation is 1. The van der Waals surface area contributed by atoms with E-state index in [9.17, 15) is 4.79 Å². The van der Waals surface area contributed by atoms with Crippen LogP contribution >= 0.6 is 11.6 Å². The van der Waals surface area contributed by atoms with Crippen molar-refractivity contribution < 1.29 is 9.53 Å². The van der Waals surface area contributed by atoms with E-state index in [4.69, 9.17) is 16.3 Å². The summed E-state index contributed by atoms with van der Waals surface area (Å²) < 4.78 is 5.99. The van der Waals surface area contributed by atoms with Crippen LogP contribution in [-0.2, 0) is 6.61 Å². The smallest absolute Gasteiger partial charge is 0.257 e. The topological polar surface area (TPSA) is 32.8 Å². The highest BCUT2D eigenvalue weighted by Gasteiger charge is 2.25. The van der Waals surface area contributed by atoms with Crippen LogP contribution in [-0.4, -0.2) is 37.0 Å². The van der Waals surface area contributed by atoms with Crippen LogP contribution in [0.2, 0.25) is 5.02 Å². The summed E-state index contributed by atoms with van der Waals surface area (Å²) in [5.74, 6) is 0.631. The lowest BCUT2D eigenvalue weighted by Gasteiger charge is -2.37. The summed E-state index contributed by atoms with van der Waals surface area (Å²) in [6.07, 6.45) is 0. The summed E-state index contributed by atoms with van der Waals surface area (Å²) in [6, 6.07) is 21.4. The first kappa shape index (κ1) is 21.3. The van der Waals surface area contributed by atoms with Gasteiger partial charge in [0.2, 0.25) is 0 Å². The molecule has 3 aromatic carbocycles. The Bertz CT molecular complexity index is 1060. The Morgan fingerprint density at radius 3 is 2.35 bits per heavy atom. The molecule has 0 aliphatic carbocycles. The molecule has 0 spiro atoms. The molecule has 1 aliphatic rings. The molecule has 0 radical (unpaired) electrons. The molecular weight excluding hydrogens is 408 g/mol. The van der Waals surface area contributed by atoms with E-state index in [1.165, 1.54) is 16.8 Å². The number of ether oxygens (including phenoxy) is 1. The Kier molecular flexibility index (Phi) is 6.47. The Balaban J connectivity index is 1.42. The van der Waals surface area contributed by atoms with Crippen molar-refractivity contribution in [3.05, 3.63) is 94.0 Å². The van der Waals surface area contributed by atoms with Gasteiger partial charge in [0.25, 0.3) is 5.91 Å². The van der Waals surface area contributed by atoms with Crippen molar-refractivity contribution in [2.24, 2.45) is 0 Å². The molecule has 1 heterocycles. The number of piperazine rings is 1. The average Bonchev–Trinajstić information content (AvgIpc) is 2.80. The quantitative estimate of drug-likeness (QED) is 0.531. The van der Waals surface area contributed by atoms with E-state index in [0.29, 0.717) is 36.0 Å². The van der Waals surface area contributed by atoms with E-state index in [2.05, 4.69) is 36.9 Å². The van der Waals surface area contributed by atoms with Gasteiger partial charge in [-0.1, -0.05) is 48.0 Å². The highest BCUT2D eigenvalue weighted by Crippen LogP contribution is 2.26. The van der Waals surface area contributed by atoms with Gasteiger partial charge in [0, 0.05) is 36.9 Å². The van der Waals surface area contributed by atoms with Crippen LogP contribution in [0.15, 0.2) is 66.7 Å². The molecular formula is C26H27ClN2O2. The van der Waals surface area contributed by atoms with Crippen LogP contribution in [0.5, 0.6) is 5.75 Å². The third kappa shape index (κ3) is 4.86. The van der Waals surface area contributed by atoms with Crippen molar-refractivity contribution >= 4 is 23.2 Å². The van der Waals surface area contributed by atoms with Crippen molar-refractivity contribution in [2.45, 2.75) is 20.5 Å². The van der Waals surface area contributed by atoms with E-state index in [1.54, 1.807) is 0 Å². The van der Waals surface area contributed by atoms with Crippen LogP contribution < -0.4 is 9.64 Å². The lowest BCUT2D eigenvalue weighted by atomic mass is 10.1. The number of carbonyl (C=O) groups excluding carboxylic acids is 1. The van der Waals surface area contributed by atoms with E-state index >= 15 is 0 Å². The van der Waals surface area contributed by atoms with Crippen molar-refractivity contribution in [3.8, 4) is 5.75 Å². The number of rotatable bonds is 5. The lowest BCUT2D eigenvalue weighted by Crippen LogP contribution is -2.49. The van der Waals surface area contributed by atoms with Gasteiger partial charge >= 0.3 is 0 Å². The van der Waals surface area contributed by atoms with Crippen LogP contribution in [0.1, 0.15) is 27.0 Å². The molecule has 1 saturated heterocycles. The first-order chi connectivity index (χ1) is 15.0. The first-order valence-corrected chi connectivity index (χ1v) is 11.0. The fourth-order valence-corrected chi connectivity index (χ4v) is 4.04. The normalized spacial score (nSPS) is 13.9. The minimum atomic E-state index is 0.0207. The summed E-state index contributed by atoms with van der Waals surface area (Å²) in [6.45, 7) is 7.72. The minimum Gasteiger partial charge on any atom is -0.488 e. The zero-order valence-electron chi connectivity index (χ0n) is 18.0. The number of hydrogen-bond acceptors (Lipinski definition) is 3. The maximum atomic E-state index is 13.3. The fourth-order valence-electron chi connectivity index (χ4n) is 3.91. The molecule has 0 unspecified atom stereocenters. The summed E-state index contributed by atoms with van der Waals surface area (Å²) >= 11 is 5.95. The third-order valence-corrected chi connectivity index (χ3v) is 6.16. The van der Waals surface area contributed by atoms with Gasteiger partial charge in [-0.15, -0.1) is 0 Å². The molecule has 0 N–H and O–H groups in total. The zero-order valence-corrected chi connectivity index (χ0v) is 18.7. The average molecular weight is 435 g/mol. The number of halogens is 1. The number of para-hydroxylation sites is 1. The number of anilines is 1. The molecule has 31 heavy (non-hydrogen) atoms. The second kappa shape index (κ2) is 9.44. The van der Waals surface area contributed by atoms with Gasteiger partial charge in [-0.3, -0.25) is 4.79 Å². The zero-order chi connectivity index (χ0) is 21.8. The molecule has 1 fully saturated rings. The van der Waals surface area contributed by atoms with Crippen molar-refractivity contribution in [1.29, 1.82) is 0 Å². The Morgan fingerprint density at radius 2 is 1.61 bits per heavy atom. The van der Waals surface area contributed by atoms with Crippen LogP contribution in [0.3, 0.4) is 0 Å². The Morgan fingerprint density at radius 1 is 0.903 bits per heavy atom. The number of amides is 1. The van der Waals surface area contributed by atoms with Gasteiger partial charge in [0.15, 0.2) is 0 Å². The van der Waals surface area contributed by atoms with Gasteiger partial charge < -0.3 is 14.5 Å². The predicted molar refractivity (Wildman–Crippen MR) is 126 cm³/mol. The van der Waals surface area contributed by atoms with E-state index < -0.39 is 0 Å². The summed E-state index contributed by atoms with van der Waals surface area (Å²) in [5, 5.41) is 0.694. The maximum Gasteiger partial charge on any atom is 0.257 e. The van der Waals surface area contributed by atoms with Crippen LogP contribution in [0.4, 0.5) is 5.69 Å². The standard InChI is InChI=1S/C26H27ClN2O2/c1-19-6-5-8-24(20(19)2)28-14-16-29(17-15-28)26(30)23-7-3-4-9-25(23)31-18-21-10-12-22(27)13-11-21/h3-13H,14-18H2,1-2H3. The molecule has 0 aromatic heterocycles. The third-order valence-electron chi connectivity index (χ3n) is 5.91. The maximum absolute atomic E-state index is 13.3. The minimum absolute atomic E-state index is 0.0207. The lowest BCUT2D eigenvalue weighted by molar-refractivity contribution is 0.0742. The number of nitrogens with zero attached hydrogens (tertiary/aromatic N) is 2. The molecule has 1 aliphatic heterocycles. The summed E-state index contributed by atoms with van der Waals surface area (Å²) in [5.41, 5.74) is 5.48. The molecule has 0 bridgehead atoms. The van der Waals surface area contributed by atoms with E-state index in [0.717, 1.165) is 18.7 Å². The van der Waals surface area contributed by atoms with Gasteiger partial charge in [-0.05, 0) is 60.9 Å². The number of hydrogen-bond donors (Lipinski definition) is 0. The van der Waals surface area contributed by atoms with Crippen molar-refractivity contribution in [2.75, 3.05) is 31.1 Å². The van der Waals surface area contributed by atoms with Crippen LogP contribution in [0, 0.1) is 13.8 Å². The highest BCUT2D eigenvalue weighted by atomic mass is 35.5. The second-order valence-electron chi connectivity index (χ2n) is 7.91. The van der Waals surface area contributed by atoms with E-state index in [-0.39, 0.29) is 5.91 Å². The largest absolute Gasteiger partial charge is 0.488 e. The molecule has 4 nitrogen and oxygen atoms in total. The number of carbonyl (C=O) groups is 1. The Labute approximate surface area is 189 Å². The fraction of sp³-hybridized carbons (Fsp3) is 0.269. The molecule has 1 amide bonds. The molecule has 0 atom stereocenters. The van der Waals surface area contributed by atoms with Gasteiger partial charge in [-0.25, -0.2) is 0 Å². The van der Waals surface area contributed by atoms with Gasteiger partial charge in [0.1, 0.15) is 12.4 Å². The van der Waals surface area contributed by atoms with Gasteiger partial charge in [0.05, 0.1) is 5.56 Å². The molecule has 5 heteroatoms. The first-order valence-electron chi connectivity index (χ1n) is 10.6.